The van der Waals surface area contributed by atoms with E-state index in [1.165, 1.54) is 7.11 Å². The molecule has 1 aromatic rings. The second kappa shape index (κ2) is 5.25. The van der Waals surface area contributed by atoms with Crippen molar-refractivity contribution >= 4 is 34.2 Å². The van der Waals surface area contributed by atoms with Crippen LogP contribution in [0.15, 0.2) is 22.7 Å². The second-order valence-electron chi connectivity index (χ2n) is 2.50. The van der Waals surface area contributed by atoms with Gasteiger partial charge in [0.25, 0.3) is 0 Å². The average molecular weight is 265 g/mol. The quantitative estimate of drug-likeness (QED) is 0.613. The van der Waals surface area contributed by atoms with Crippen LogP contribution in [0.2, 0.25) is 0 Å². The van der Waals surface area contributed by atoms with E-state index in [4.69, 9.17) is 10.1 Å². The lowest BCUT2D eigenvalue weighted by atomic mass is 10.1. The Morgan fingerprint density at radius 1 is 1.46 bits per heavy atom. The van der Waals surface area contributed by atoms with Gasteiger partial charge in [0.2, 0.25) is 5.90 Å². The van der Waals surface area contributed by atoms with Crippen molar-refractivity contribution in [2.24, 2.45) is 0 Å². The lowest BCUT2D eigenvalue weighted by molar-refractivity contribution is 0.401. The van der Waals surface area contributed by atoms with Crippen LogP contribution in [-0.4, -0.2) is 13.0 Å². The second-order valence-corrected chi connectivity index (χ2v) is 3.35. The van der Waals surface area contributed by atoms with Crippen LogP contribution in [0.4, 0.5) is 0 Å². The van der Waals surface area contributed by atoms with Crippen LogP contribution >= 0.6 is 28.3 Å². The molecule has 0 saturated carbocycles. The Morgan fingerprint density at radius 3 is 2.54 bits per heavy atom. The fraction of sp³-hybridized carbons (Fsp3) is 0.222. The molecule has 4 heteroatoms. The van der Waals surface area contributed by atoms with Gasteiger partial charge in [-0.1, -0.05) is 15.9 Å². The molecule has 1 aromatic carbocycles. The zero-order chi connectivity index (χ0) is 9.14. The minimum Gasteiger partial charge on any atom is -0.481 e. The van der Waals surface area contributed by atoms with Gasteiger partial charge in [0.05, 0.1) is 7.11 Å². The predicted octanol–water partition coefficient (Wildman–Crippen LogP) is 3.15. The summed E-state index contributed by atoms with van der Waals surface area (Å²) in [7, 11) is 1.50. The normalized spacial score (nSPS) is 8.85. The van der Waals surface area contributed by atoms with Crippen molar-refractivity contribution in [1.29, 1.82) is 5.41 Å². The van der Waals surface area contributed by atoms with Gasteiger partial charge in [-0.15, -0.1) is 12.4 Å². The predicted molar refractivity (Wildman–Crippen MR) is 60.0 cm³/mol. The maximum Gasteiger partial charge on any atom is 0.212 e. The van der Waals surface area contributed by atoms with Crippen LogP contribution in [0.3, 0.4) is 0 Å². The maximum atomic E-state index is 7.41. The van der Waals surface area contributed by atoms with E-state index in [2.05, 4.69) is 15.9 Å². The molecular formula is C9H11BrClNO. The first-order valence-electron chi connectivity index (χ1n) is 3.54. The SMILES string of the molecule is COC(=N)c1ccc(Br)c(C)c1.Cl. The average Bonchev–Trinajstić information content (AvgIpc) is 2.08. The Hall–Kier alpha value is -0.540. The highest BCUT2D eigenvalue weighted by molar-refractivity contribution is 9.10. The highest BCUT2D eigenvalue weighted by Crippen LogP contribution is 2.17. The number of hydrogen-bond donors (Lipinski definition) is 1. The first kappa shape index (κ1) is 12.5. The standard InChI is InChI=1S/C9H10BrNO.ClH/c1-6-5-7(9(11)12-2)3-4-8(6)10;/h3-5,11H,1-2H3;1H. The third kappa shape index (κ3) is 3.01. The van der Waals surface area contributed by atoms with Crippen LogP contribution in [0.1, 0.15) is 11.1 Å². The van der Waals surface area contributed by atoms with Crippen LogP contribution in [0.25, 0.3) is 0 Å². The van der Waals surface area contributed by atoms with Crippen molar-refractivity contribution < 1.29 is 4.74 Å². The molecule has 0 atom stereocenters. The van der Waals surface area contributed by atoms with Gasteiger partial charge in [0, 0.05) is 10.0 Å². The molecule has 2 nitrogen and oxygen atoms in total. The summed E-state index contributed by atoms with van der Waals surface area (Å²) in [5.74, 6) is 0.200. The summed E-state index contributed by atoms with van der Waals surface area (Å²) >= 11 is 3.39. The Kier molecular flexibility index (Phi) is 5.03. The van der Waals surface area contributed by atoms with E-state index in [0.717, 1.165) is 15.6 Å². The molecule has 1 rings (SSSR count). The Labute approximate surface area is 92.3 Å². The van der Waals surface area contributed by atoms with Crippen molar-refractivity contribution in [1.82, 2.24) is 0 Å². The van der Waals surface area contributed by atoms with Crippen molar-refractivity contribution in [3.8, 4) is 0 Å². The molecule has 0 saturated heterocycles. The van der Waals surface area contributed by atoms with Crippen molar-refractivity contribution in [3.05, 3.63) is 33.8 Å². The number of nitrogens with one attached hydrogen (secondary N) is 1. The smallest absolute Gasteiger partial charge is 0.212 e. The highest BCUT2D eigenvalue weighted by atomic mass is 79.9. The molecule has 0 aliphatic carbocycles. The molecular weight excluding hydrogens is 253 g/mol. The van der Waals surface area contributed by atoms with Gasteiger partial charge in [0.15, 0.2) is 0 Å². The summed E-state index contributed by atoms with van der Waals surface area (Å²) in [6.45, 7) is 1.98. The Balaban J connectivity index is 0.00000144. The largest absolute Gasteiger partial charge is 0.481 e. The fourth-order valence-corrected chi connectivity index (χ4v) is 1.15. The van der Waals surface area contributed by atoms with Crippen LogP contribution in [0, 0.1) is 12.3 Å². The van der Waals surface area contributed by atoms with Crippen LogP contribution < -0.4 is 0 Å². The lowest BCUT2D eigenvalue weighted by Gasteiger charge is -2.03. The van der Waals surface area contributed by atoms with E-state index in [-0.39, 0.29) is 18.3 Å². The highest BCUT2D eigenvalue weighted by Gasteiger charge is 2.01. The van der Waals surface area contributed by atoms with Gasteiger partial charge in [-0.3, -0.25) is 5.41 Å². The molecule has 13 heavy (non-hydrogen) atoms. The molecule has 0 fully saturated rings. The number of halogens is 2. The first-order chi connectivity index (χ1) is 5.65. The van der Waals surface area contributed by atoms with E-state index >= 15 is 0 Å². The van der Waals surface area contributed by atoms with Crippen molar-refractivity contribution in [2.45, 2.75) is 6.92 Å². The van der Waals surface area contributed by atoms with Gasteiger partial charge in [-0.25, -0.2) is 0 Å². The Morgan fingerprint density at radius 2 is 2.08 bits per heavy atom. The lowest BCUT2D eigenvalue weighted by Crippen LogP contribution is -2.01. The van der Waals surface area contributed by atoms with E-state index < -0.39 is 0 Å². The molecule has 0 radical (unpaired) electrons. The van der Waals surface area contributed by atoms with E-state index in [9.17, 15) is 0 Å². The van der Waals surface area contributed by atoms with Gasteiger partial charge < -0.3 is 4.74 Å². The molecule has 0 heterocycles. The van der Waals surface area contributed by atoms with Crippen LogP contribution in [-0.2, 0) is 4.74 Å². The zero-order valence-corrected chi connectivity index (χ0v) is 9.83. The molecule has 0 unspecified atom stereocenters. The summed E-state index contributed by atoms with van der Waals surface area (Å²) in [4.78, 5) is 0. The Bertz CT molecular complexity index is 314. The summed E-state index contributed by atoms with van der Waals surface area (Å²) < 4.78 is 5.85. The monoisotopic (exact) mass is 263 g/mol. The molecule has 72 valence electrons. The number of aryl methyl sites for hydroxylation is 1. The molecule has 0 amide bonds. The van der Waals surface area contributed by atoms with E-state index in [0.29, 0.717) is 0 Å². The van der Waals surface area contributed by atoms with E-state index in [1.807, 2.05) is 25.1 Å². The number of benzene rings is 1. The maximum absolute atomic E-state index is 7.41. The number of hydrogen-bond acceptors (Lipinski definition) is 2. The number of methoxy groups -OCH3 is 1. The van der Waals surface area contributed by atoms with Gasteiger partial charge in [-0.2, -0.15) is 0 Å². The minimum absolute atomic E-state index is 0. The third-order valence-electron chi connectivity index (χ3n) is 1.62. The number of ether oxygens (including phenoxy) is 1. The molecule has 0 spiro atoms. The van der Waals surface area contributed by atoms with Crippen molar-refractivity contribution in [3.63, 3.8) is 0 Å². The fourth-order valence-electron chi connectivity index (χ4n) is 0.904. The number of rotatable bonds is 1. The van der Waals surface area contributed by atoms with Crippen LogP contribution in [0.5, 0.6) is 0 Å². The molecule has 0 aliphatic rings. The van der Waals surface area contributed by atoms with E-state index in [1.54, 1.807) is 0 Å². The van der Waals surface area contributed by atoms with Gasteiger partial charge in [0.1, 0.15) is 0 Å². The van der Waals surface area contributed by atoms with Crippen molar-refractivity contribution in [2.75, 3.05) is 7.11 Å². The summed E-state index contributed by atoms with van der Waals surface area (Å²) in [5.41, 5.74) is 1.91. The summed E-state index contributed by atoms with van der Waals surface area (Å²) in [6.07, 6.45) is 0. The molecule has 0 aromatic heterocycles. The first-order valence-corrected chi connectivity index (χ1v) is 4.33. The van der Waals surface area contributed by atoms with Gasteiger partial charge in [-0.05, 0) is 30.7 Å². The summed E-state index contributed by atoms with van der Waals surface area (Å²) in [6, 6.07) is 5.68. The third-order valence-corrected chi connectivity index (χ3v) is 2.51. The summed E-state index contributed by atoms with van der Waals surface area (Å²) in [5, 5.41) is 7.41. The molecule has 0 bridgehead atoms. The minimum atomic E-state index is 0. The molecule has 0 aliphatic heterocycles. The molecule has 1 N–H and O–H groups in total. The topological polar surface area (TPSA) is 33.1 Å². The zero-order valence-electron chi connectivity index (χ0n) is 7.43. The van der Waals surface area contributed by atoms with Gasteiger partial charge >= 0.3 is 0 Å².